The average molecular weight is 436 g/mol. The Morgan fingerprint density at radius 2 is 1.97 bits per heavy atom. The number of furan rings is 1. The quantitative estimate of drug-likeness (QED) is 0.487. The molecule has 1 aliphatic rings. The molecule has 1 amide bonds. The number of ether oxygens (including phenoxy) is 2. The summed E-state index contributed by atoms with van der Waals surface area (Å²) < 4.78 is 17.0. The summed E-state index contributed by atoms with van der Waals surface area (Å²) in [6, 6.07) is 11.5. The van der Waals surface area contributed by atoms with Crippen LogP contribution in [0.15, 0.2) is 82.5 Å². The Morgan fingerprint density at radius 1 is 1.16 bits per heavy atom. The zero-order valence-electron chi connectivity index (χ0n) is 18.5. The van der Waals surface area contributed by atoms with Gasteiger partial charge in [0.15, 0.2) is 11.5 Å². The monoisotopic (exact) mass is 435 g/mol. The number of unbranched alkanes of at least 4 members (excludes halogenated alkanes) is 1. The van der Waals surface area contributed by atoms with E-state index >= 15 is 0 Å². The van der Waals surface area contributed by atoms with Crippen molar-refractivity contribution in [3.63, 3.8) is 0 Å². The van der Waals surface area contributed by atoms with E-state index in [-0.39, 0.29) is 24.1 Å². The van der Waals surface area contributed by atoms with Crippen molar-refractivity contribution in [1.82, 2.24) is 5.32 Å². The largest absolute Gasteiger partial charge is 0.491 e. The molecule has 32 heavy (non-hydrogen) atoms. The van der Waals surface area contributed by atoms with Gasteiger partial charge in [-0.3, -0.25) is 9.59 Å². The molecule has 1 aromatic heterocycles. The third kappa shape index (κ3) is 6.74. The highest BCUT2D eigenvalue weighted by Gasteiger charge is 2.24. The Labute approximate surface area is 188 Å². The molecular formula is C26H29NO5. The lowest BCUT2D eigenvalue weighted by molar-refractivity contribution is -0.122. The van der Waals surface area contributed by atoms with E-state index in [9.17, 15) is 9.59 Å². The van der Waals surface area contributed by atoms with Crippen LogP contribution in [-0.4, -0.2) is 24.3 Å². The van der Waals surface area contributed by atoms with Gasteiger partial charge < -0.3 is 19.2 Å². The van der Waals surface area contributed by atoms with Crippen LogP contribution in [0.2, 0.25) is 0 Å². The molecule has 1 atom stereocenters. The van der Waals surface area contributed by atoms with E-state index in [1.807, 2.05) is 50.3 Å². The van der Waals surface area contributed by atoms with Crippen molar-refractivity contribution < 1.29 is 23.5 Å². The van der Waals surface area contributed by atoms with Crippen LogP contribution in [0.4, 0.5) is 0 Å². The van der Waals surface area contributed by atoms with E-state index in [0.717, 1.165) is 24.8 Å². The molecule has 0 radical (unpaired) electrons. The van der Waals surface area contributed by atoms with Gasteiger partial charge in [0.2, 0.25) is 0 Å². The predicted molar refractivity (Wildman–Crippen MR) is 123 cm³/mol. The Hall–Kier alpha value is -3.54. The minimum absolute atomic E-state index is 0.0488. The van der Waals surface area contributed by atoms with Gasteiger partial charge >= 0.3 is 0 Å². The van der Waals surface area contributed by atoms with Crippen LogP contribution in [0.1, 0.15) is 50.1 Å². The summed E-state index contributed by atoms with van der Waals surface area (Å²) in [5.74, 6) is 0.994. The maximum atomic E-state index is 12.8. The van der Waals surface area contributed by atoms with E-state index in [0.29, 0.717) is 17.9 Å². The number of allylic oxidation sites excluding steroid dienone is 5. The molecule has 0 unspecified atom stereocenters. The minimum Gasteiger partial charge on any atom is -0.491 e. The number of carbonyl (C=O) groups is 2. The molecule has 3 rings (SSSR count). The summed E-state index contributed by atoms with van der Waals surface area (Å²) in [5.41, 5.74) is 0.995. The number of nitrogens with one attached hydrogen (secondary N) is 1. The number of benzene rings is 1. The topological polar surface area (TPSA) is 77.8 Å². The molecule has 0 spiro atoms. The van der Waals surface area contributed by atoms with E-state index in [1.165, 1.54) is 6.07 Å². The highest BCUT2D eigenvalue weighted by Crippen LogP contribution is 2.23. The molecule has 0 aliphatic heterocycles. The lowest BCUT2D eigenvalue weighted by Gasteiger charge is -2.19. The Morgan fingerprint density at radius 3 is 2.75 bits per heavy atom. The Bertz CT molecular complexity index is 1000. The summed E-state index contributed by atoms with van der Waals surface area (Å²) in [4.78, 5) is 25.5. The molecule has 1 aromatic carbocycles. The maximum Gasteiger partial charge on any atom is 0.290 e. The van der Waals surface area contributed by atoms with Crippen molar-refractivity contribution in [2.75, 3.05) is 6.61 Å². The van der Waals surface area contributed by atoms with Gasteiger partial charge in [0.1, 0.15) is 24.2 Å². The first-order valence-corrected chi connectivity index (χ1v) is 10.9. The second kappa shape index (κ2) is 11.7. The normalized spacial score (nSPS) is 14.1. The molecule has 1 aliphatic carbocycles. The van der Waals surface area contributed by atoms with E-state index in [4.69, 9.17) is 13.9 Å². The molecule has 0 saturated carbocycles. The highest BCUT2D eigenvalue weighted by atomic mass is 16.6. The molecule has 2 aromatic rings. The van der Waals surface area contributed by atoms with Crippen molar-refractivity contribution in [3.8, 4) is 11.7 Å². The number of Topliss-reactive ketones (excluding diaryl/α,β-unsaturated/α-hetero) is 1. The van der Waals surface area contributed by atoms with Crippen molar-refractivity contribution in [1.29, 1.82) is 0 Å². The summed E-state index contributed by atoms with van der Waals surface area (Å²) in [6.45, 7) is 4.03. The first-order valence-electron chi connectivity index (χ1n) is 10.9. The fraction of sp³-hybridized carbons (Fsp3) is 0.308. The number of rotatable bonds is 11. The van der Waals surface area contributed by atoms with Gasteiger partial charge in [0.25, 0.3) is 11.9 Å². The summed E-state index contributed by atoms with van der Waals surface area (Å²) in [5, 5.41) is 2.76. The highest BCUT2D eigenvalue weighted by molar-refractivity contribution is 5.96. The zero-order valence-corrected chi connectivity index (χ0v) is 18.5. The molecule has 1 N–H and O–H groups in total. The van der Waals surface area contributed by atoms with E-state index in [2.05, 4.69) is 11.4 Å². The number of hydrogen-bond donors (Lipinski definition) is 1. The number of hydrogen-bond acceptors (Lipinski definition) is 5. The Balaban J connectivity index is 1.65. The number of para-hydroxylation sites is 1. The van der Waals surface area contributed by atoms with Crippen molar-refractivity contribution in [2.45, 2.75) is 45.6 Å². The second-order valence-electron chi connectivity index (χ2n) is 7.52. The van der Waals surface area contributed by atoms with Gasteiger partial charge in [-0.15, -0.1) is 0 Å². The second-order valence-corrected chi connectivity index (χ2v) is 7.52. The van der Waals surface area contributed by atoms with Gasteiger partial charge in [-0.25, -0.2) is 0 Å². The van der Waals surface area contributed by atoms with Gasteiger partial charge in [-0.2, -0.15) is 0 Å². The fourth-order valence-electron chi connectivity index (χ4n) is 3.12. The van der Waals surface area contributed by atoms with Gasteiger partial charge in [0.05, 0.1) is 0 Å². The molecule has 6 heteroatoms. The first kappa shape index (κ1) is 23.1. The number of amides is 1. The zero-order chi connectivity index (χ0) is 22.8. The summed E-state index contributed by atoms with van der Waals surface area (Å²) in [7, 11) is 0. The standard InChI is InChI=1S/C26H29NO5/c1-3-4-14-22(28)21(18-30-23-15-10-5-7-11-19(23)2)27-26(29)24-16-17-25(32-24)31-20-12-8-6-9-13-20/h5-6,8-13,15-17,21H,3-4,7,14,18H2,1-2H3,(H,27,29)/t21-/m0/s1. The fourth-order valence-corrected chi connectivity index (χ4v) is 3.12. The van der Waals surface area contributed by atoms with Crippen molar-refractivity contribution >= 4 is 11.7 Å². The van der Waals surface area contributed by atoms with E-state index < -0.39 is 11.9 Å². The average Bonchev–Trinajstić information content (AvgIpc) is 3.17. The smallest absolute Gasteiger partial charge is 0.290 e. The molecule has 1 heterocycles. The van der Waals surface area contributed by atoms with Crippen molar-refractivity contribution in [2.24, 2.45) is 0 Å². The van der Waals surface area contributed by atoms with Crippen LogP contribution in [0, 0.1) is 0 Å². The van der Waals surface area contributed by atoms with Crippen molar-refractivity contribution in [3.05, 3.63) is 83.9 Å². The third-order valence-corrected chi connectivity index (χ3v) is 4.98. The SMILES string of the molecule is CCCCC(=O)[C@H](COC1=CC=CCC=C1C)NC(=O)c1ccc(Oc2ccccc2)o1. The summed E-state index contributed by atoms with van der Waals surface area (Å²) in [6.07, 6.45) is 10.7. The predicted octanol–water partition coefficient (Wildman–Crippen LogP) is 5.74. The summed E-state index contributed by atoms with van der Waals surface area (Å²) >= 11 is 0. The van der Waals surface area contributed by atoms with Crippen LogP contribution in [0.3, 0.4) is 0 Å². The van der Waals surface area contributed by atoms with Crippen LogP contribution >= 0.6 is 0 Å². The van der Waals surface area contributed by atoms with Gasteiger partial charge in [-0.05, 0) is 49.6 Å². The molecule has 168 valence electrons. The third-order valence-electron chi connectivity index (χ3n) is 4.98. The number of carbonyl (C=O) groups excluding carboxylic acids is 2. The molecule has 0 bridgehead atoms. The molecule has 0 saturated heterocycles. The molecule has 0 fully saturated rings. The number of ketones is 1. The van der Waals surface area contributed by atoms with Gasteiger partial charge in [-0.1, -0.05) is 49.8 Å². The lowest BCUT2D eigenvalue weighted by atomic mass is 10.1. The molecular weight excluding hydrogens is 406 g/mol. The molecule has 6 nitrogen and oxygen atoms in total. The van der Waals surface area contributed by atoms with Crippen LogP contribution in [0.25, 0.3) is 0 Å². The van der Waals surface area contributed by atoms with E-state index in [1.54, 1.807) is 18.2 Å². The van der Waals surface area contributed by atoms with Gasteiger partial charge in [0, 0.05) is 12.5 Å². The van der Waals surface area contributed by atoms with Crippen LogP contribution in [-0.2, 0) is 9.53 Å². The maximum absolute atomic E-state index is 12.8. The lowest BCUT2D eigenvalue weighted by Crippen LogP contribution is -2.44. The first-order chi connectivity index (χ1) is 15.6. The van der Waals surface area contributed by atoms with Crippen LogP contribution in [0.5, 0.6) is 11.7 Å². The Kier molecular flexibility index (Phi) is 8.49. The van der Waals surface area contributed by atoms with Crippen LogP contribution < -0.4 is 10.1 Å². The minimum atomic E-state index is -0.779.